The van der Waals surface area contributed by atoms with Crippen LogP contribution in [-0.4, -0.2) is 46.4 Å². The summed E-state index contributed by atoms with van der Waals surface area (Å²) in [5.74, 6) is 0. The molecule has 9 nitrogen and oxygen atoms in total. The molecule has 0 N–H and O–H groups in total. The summed E-state index contributed by atoms with van der Waals surface area (Å²) in [5, 5.41) is 3.48. The average molecular weight is 540 g/mol. The highest BCUT2D eigenvalue weighted by Crippen LogP contribution is 2.71. The molecule has 2 aromatic heterocycles. The number of aryl methyl sites for hydroxylation is 3. The topological polar surface area (TPSA) is 101 Å². The molecule has 0 fully saturated rings. The van der Waals surface area contributed by atoms with Gasteiger partial charge in [-0.15, -0.1) is 0 Å². The molecule has 0 spiro atoms. The minimum atomic E-state index is -3.79. The van der Waals surface area contributed by atoms with E-state index in [-0.39, 0.29) is 32.8 Å². The van der Waals surface area contributed by atoms with E-state index in [1.54, 1.807) is 32.2 Å². The van der Waals surface area contributed by atoms with Gasteiger partial charge in [-0.05, 0) is 76.4 Å². The summed E-state index contributed by atoms with van der Waals surface area (Å²) in [6.45, 7) is 11.2. The highest BCUT2D eigenvalue weighted by atomic mass is 79.9. The molecule has 2 heterocycles. The van der Waals surface area contributed by atoms with Gasteiger partial charge in [0.1, 0.15) is 0 Å². The smallest absolute Gasteiger partial charge is 0.308 e. The standard InChI is InChI=1S/C19H32BrN3O6P2/c1-7-26-30(24,27-8-2)17(31(25,28-9-3)29-10-4)12-11-16-13-14(5)21-19-18(20)15(6)22-23(16)19/h13,17H,7-12H2,1-6H3. The van der Waals surface area contributed by atoms with Crippen molar-refractivity contribution < 1.29 is 27.2 Å². The molecule has 0 aliphatic rings. The quantitative estimate of drug-likeness (QED) is 0.290. The van der Waals surface area contributed by atoms with Gasteiger partial charge in [0.2, 0.25) is 0 Å². The molecule has 0 aromatic carbocycles. The fourth-order valence-corrected chi connectivity index (χ4v) is 9.07. The minimum absolute atomic E-state index is 0.149. The van der Waals surface area contributed by atoms with Crippen molar-refractivity contribution in [2.75, 3.05) is 26.4 Å². The molecule has 31 heavy (non-hydrogen) atoms. The van der Waals surface area contributed by atoms with Gasteiger partial charge in [0.15, 0.2) is 11.0 Å². The molecule has 0 aliphatic heterocycles. The lowest BCUT2D eigenvalue weighted by molar-refractivity contribution is 0.193. The predicted octanol–water partition coefficient (Wildman–Crippen LogP) is 5.90. The molecule has 0 saturated carbocycles. The first-order valence-corrected chi connectivity index (χ1v) is 14.5. The second-order valence-corrected chi connectivity index (χ2v) is 12.4. The Hall–Kier alpha value is -0.600. The monoisotopic (exact) mass is 539 g/mol. The molecule has 176 valence electrons. The zero-order valence-corrected chi connectivity index (χ0v) is 22.3. The Labute approximate surface area is 192 Å². The van der Waals surface area contributed by atoms with Crippen molar-refractivity contribution in [3.8, 4) is 0 Å². The molecule has 0 atom stereocenters. The van der Waals surface area contributed by atoms with E-state index in [9.17, 15) is 9.13 Å². The number of hydrogen-bond donors (Lipinski definition) is 0. The number of fused-ring (bicyclic) bond motifs is 1. The molecule has 0 unspecified atom stereocenters. The summed E-state index contributed by atoms with van der Waals surface area (Å²) in [7, 11) is -7.58. The van der Waals surface area contributed by atoms with Crippen molar-refractivity contribution in [1.29, 1.82) is 0 Å². The van der Waals surface area contributed by atoms with Gasteiger partial charge in [0.25, 0.3) is 0 Å². The molecule has 2 rings (SSSR count). The summed E-state index contributed by atoms with van der Waals surface area (Å²) in [4.78, 5) is 4.54. The minimum Gasteiger partial charge on any atom is -0.308 e. The highest BCUT2D eigenvalue weighted by Gasteiger charge is 2.50. The lowest BCUT2D eigenvalue weighted by Gasteiger charge is -2.31. The fraction of sp³-hybridized carbons (Fsp3) is 0.684. The zero-order chi connectivity index (χ0) is 23.2. The van der Waals surface area contributed by atoms with Gasteiger partial charge >= 0.3 is 15.2 Å². The van der Waals surface area contributed by atoms with Crippen LogP contribution in [0.5, 0.6) is 0 Å². The van der Waals surface area contributed by atoms with Crippen LogP contribution in [0.2, 0.25) is 0 Å². The van der Waals surface area contributed by atoms with Crippen LogP contribution in [0.15, 0.2) is 10.5 Å². The van der Waals surface area contributed by atoms with Gasteiger partial charge in [-0.25, -0.2) is 9.50 Å². The molecular formula is C19H32BrN3O6P2. The second-order valence-electron chi connectivity index (χ2n) is 6.79. The van der Waals surface area contributed by atoms with Gasteiger partial charge in [-0.2, -0.15) is 5.10 Å². The Morgan fingerprint density at radius 2 is 1.45 bits per heavy atom. The van der Waals surface area contributed by atoms with Crippen LogP contribution >= 0.6 is 31.1 Å². The van der Waals surface area contributed by atoms with E-state index in [2.05, 4.69) is 26.0 Å². The van der Waals surface area contributed by atoms with E-state index >= 15 is 0 Å². The van der Waals surface area contributed by atoms with Crippen LogP contribution in [0.3, 0.4) is 0 Å². The van der Waals surface area contributed by atoms with Gasteiger partial charge < -0.3 is 18.1 Å². The highest BCUT2D eigenvalue weighted by molar-refractivity contribution is 9.10. The summed E-state index contributed by atoms with van der Waals surface area (Å²) in [6, 6.07) is 1.90. The molecule has 0 aliphatic carbocycles. The first-order chi connectivity index (χ1) is 14.7. The normalized spacial score (nSPS) is 12.9. The third-order valence-electron chi connectivity index (χ3n) is 4.52. The maximum absolute atomic E-state index is 13.7. The molecule has 0 radical (unpaired) electrons. The number of nitrogens with zero attached hydrogens (tertiary/aromatic N) is 3. The Bertz CT molecular complexity index is 933. The third-order valence-corrected chi connectivity index (χ3v) is 11.6. The lowest BCUT2D eigenvalue weighted by atomic mass is 10.2. The lowest BCUT2D eigenvalue weighted by Crippen LogP contribution is -2.19. The molecule has 0 amide bonds. The Morgan fingerprint density at radius 1 is 0.968 bits per heavy atom. The van der Waals surface area contributed by atoms with E-state index in [0.29, 0.717) is 12.1 Å². The Morgan fingerprint density at radius 3 is 1.90 bits per heavy atom. The zero-order valence-electron chi connectivity index (χ0n) is 19.0. The van der Waals surface area contributed by atoms with Crippen molar-refractivity contribution in [3.05, 3.63) is 27.6 Å². The molecular weight excluding hydrogens is 508 g/mol. The van der Waals surface area contributed by atoms with E-state index in [1.165, 1.54) is 0 Å². The summed E-state index contributed by atoms with van der Waals surface area (Å²) in [6.07, 6.45) is 0.593. The number of rotatable bonds is 13. The van der Waals surface area contributed by atoms with Crippen LogP contribution in [0, 0.1) is 13.8 Å². The molecule has 2 aromatic rings. The van der Waals surface area contributed by atoms with Gasteiger partial charge in [0.05, 0.1) is 36.6 Å². The van der Waals surface area contributed by atoms with Crippen LogP contribution < -0.4 is 0 Å². The SMILES string of the molecule is CCOP(=O)(OCC)C(CCc1cc(C)nc2c(Br)c(C)nn12)P(=O)(OCC)OCC. The second kappa shape index (κ2) is 11.5. The number of hydrogen-bond acceptors (Lipinski definition) is 8. The van der Waals surface area contributed by atoms with Crippen molar-refractivity contribution in [2.45, 2.75) is 59.8 Å². The Kier molecular flexibility index (Phi) is 9.89. The number of aromatic nitrogens is 3. The molecule has 12 heteroatoms. The van der Waals surface area contributed by atoms with Gasteiger partial charge in [-0.1, -0.05) is 0 Å². The van der Waals surface area contributed by atoms with Crippen LogP contribution in [0.4, 0.5) is 0 Å². The summed E-state index contributed by atoms with van der Waals surface area (Å²) in [5.41, 5.74) is 3.15. The average Bonchev–Trinajstić information content (AvgIpc) is 2.97. The van der Waals surface area contributed by atoms with Crippen molar-refractivity contribution in [2.24, 2.45) is 0 Å². The van der Waals surface area contributed by atoms with E-state index in [0.717, 1.165) is 21.6 Å². The summed E-state index contributed by atoms with van der Waals surface area (Å²) < 4.78 is 52.2. The van der Waals surface area contributed by atoms with E-state index in [4.69, 9.17) is 18.1 Å². The van der Waals surface area contributed by atoms with Gasteiger partial charge in [0, 0.05) is 11.4 Å². The van der Waals surface area contributed by atoms with E-state index < -0.39 is 20.6 Å². The Balaban J connectivity index is 2.51. The third kappa shape index (κ3) is 6.05. The largest absolute Gasteiger partial charge is 0.345 e. The molecule has 0 saturated heterocycles. The van der Waals surface area contributed by atoms with Crippen LogP contribution in [0.1, 0.15) is 51.2 Å². The first kappa shape index (κ1) is 26.7. The fourth-order valence-electron chi connectivity index (χ4n) is 3.38. The van der Waals surface area contributed by atoms with E-state index in [1.807, 2.05) is 19.9 Å². The first-order valence-electron chi connectivity index (χ1n) is 10.4. The number of halogens is 1. The van der Waals surface area contributed by atoms with Crippen LogP contribution in [-0.2, 0) is 33.6 Å². The maximum atomic E-state index is 13.7. The predicted molar refractivity (Wildman–Crippen MR) is 124 cm³/mol. The maximum Gasteiger partial charge on any atom is 0.345 e. The van der Waals surface area contributed by atoms with Crippen molar-refractivity contribution in [1.82, 2.24) is 14.6 Å². The molecule has 0 bridgehead atoms. The summed E-state index contributed by atoms with van der Waals surface area (Å²) >= 11 is 3.53. The van der Waals surface area contributed by atoms with Crippen molar-refractivity contribution >= 4 is 36.8 Å². The van der Waals surface area contributed by atoms with Gasteiger partial charge in [-0.3, -0.25) is 9.13 Å². The van der Waals surface area contributed by atoms with Crippen molar-refractivity contribution in [3.63, 3.8) is 0 Å². The van der Waals surface area contributed by atoms with Crippen LogP contribution in [0.25, 0.3) is 5.65 Å².